The number of amides is 2. The molecule has 1 aromatic heterocycles. The molecule has 0 unspecified atom stereocenters. The number of halogens is 3. The Kier molecular flexibility index (Phi) is 10.6. The summed E-state index contributed by atoms with van der Waals surface area (Å²) < 4.78 is 31.7. The predicted molar refractivity (Wildman–Crippen MR) is 154 cm³/mol. The molecule has 5 N–H and O–H groups in total. The number of nitrogens with one attached hydrogen (secondary N) is 4. The Morgan fingerprint density at radius 1 is 1.09 bits per heavy atom. The summed E-state index contributed by atoms with van der Waals surface area (Å²) >= 11 is 1.61. The molecule has 3 fully saturated rings. The average Bonchev–Trinajstić information content (AvgIpc) is 3.64. The molecular formula is C29H35F3N6O4S. The highest BCUT2D eigenvalue weighted by Crippen LogP contribution is 2.44. The number of benzene rings is 1. The van der Waals surface area contributed by atoms with Gasteiger partial charge in [-0.2, -0.15) is 18.4 Å². The average molecular weight is 621 g/mol. The van der Waals surface area contributed by atoms with Crippen LogP contribution in [0.25, 0.3) is 11.3 Å². The van der Waals surface area contributed by atoms with E-state index >= 15 is 0 Å². The van der Waals surface area contributed by atoms with Gasteiger partial charge < -0.3 is 26.4 Å². The van der Waals surface area contributed by atoms with Crippen LogP contribution in [0.15, 0.2) is 29.6 Å². The molecule has 14 heteroatoms. The van der Waals surface area contributed by atoms with E-state index in [0.717, 1.165) is 80.8 Å². The summed E-state index contributed by atoms with van der Waals surface area (Å²) in [6.07, 6.45) is 2.33. The Balaban J connectivity index is 0.000000541. The third-order valence-corrected chi connectivity index (χ3v) is 8.74. The van der Waals surface area contributed by atoms with Crippen LogP contribution in [0.3, 0.4) is 0 Å². The maximum atomic E-state index is 13.0. The fourth-order valence-electron chi connectivity index (χ4n) is 5.14. The van der Waals surface area contributed by atoms with Gasteiger partial charge in [0.15, 0.2) is 5.13 Å². The molecule has 2 heterocycles. The van der Waals surface area contributed by atoms with Crippen molar-refractivity contribution in [3.8, 4) is 17.3 Å². The summed E-state index contributed by atoms with van der Waals surface area (Å²) in [6.45, 7) is 2.48. The molecule has 0 bridgehead atoms. The standard InChI is InChI=1S/C27H34N6O2S.C2HF3O2/c28-16-27(11-12-27)17-30-25(35)21-3-1-2-4-22(21)32-24(34)19-7-5-18(6-8-19)23-15-36-26(33-23)31-20-9-13-29-14-10-20;3-2(4,5)1(6)7/h5-8,15,20-22,29H,1-4,9-14,17H2,(H,30,35)(H,31,33)(H,32,34);(H,6,7)/t21-,22+;/m1./s1. The molecular weight excluding hydrogens is 585 g/mol. The molecule has 5 rings (SSSR count). The predicted octanol–water partition coefficient (Wildman–Crippen LogP) is 4.32. The Morgan fingerprint density at radius 2 is 1.74 bits per heavy atom. The second-order valence-corrected chi connectivity index (χ2v) is 12.0. The van der Waals surface area contributed by atoms with Crippen molar-refractivity contribution in [2.75, 3.05) is 25.0 Å². The molecule has 10 nitrogen and oxygen atoms in total. The molecule has 2 saturated carbocycles. The van der Waals surface area contributed by atoms with Crippen LogP contribution < -0.4 is 21.3 Å². The van der Waals surface area contributed by atoms with E-state index in [1.165, 1.54) is 0 Å². The summed E-state index contributed by atoms with van der Waals surface area (Å²) in [5, 5.41) is 32.4. The van der Waals surface area contributed by atoms with Crippen LogP contribution in [0.2, 0.25) is 0 Å². The zero-order valence-electron chi connectivity index (χ0n) is 23.5. The summed E-state index contributed by atoms with van der Waals surface area (Å²) in [4.78, 5) is 39.5. The van der Waals surface area contributed by atoms with Gasteiger partial charge in [-0.3, -0.25) is 9.59 Å². The first-order valence-corrected chi connectivity index (χ1v) is 15.2. The fourth-order valence-corrected chi connectivity index (χ4v) is 5.94. The lowest BCUT2D eigenvalue weighted by molar-refractivity contribution is -0.192. The lowest BCUT2D eigenvalue weighted by atomic mass is 9.83. The zero-order chi connectivity index (χ0) is 31.0. The number of aliphatic carboxylic acids is 1. The van der Waals surface area contributed by atoms with Gasteiger partial charge in [0, 0.05) is 35.1 Å². The van der Waals surface area contributed by atoms with Crippen molar-refractivity contribution in [1.82, 2.24) is 20.9 Å². The van der Waals surface area contributed by atoms with Gasteiger partial charge in [-0.05, 0) is 63.7 Å². The highest BCUT2D eigenvalue weighted by molar-refractivity contribution is 7.14. The van der Waals surface area contributed by atoms with Crippen molar-refractivity contribution >= 4 is 34.3 Å². The SMILES string of the molecule is N#CC1(CNC(=O)[C@@H]2CCCC[C@@H]2NC(=O)c2ccc(-c3csc(NC4CCNCC4)n3)cc2)CC1.O=C(O)C(F)(F)F. The number of anilines is 1. The fraction of sp³-hybridized carbons (Fsp3) is 0.552. The molecule has 0 radical (unpaired) electrons. The first-order valence-electron chi connectivity index (χ1n) is 14.3. The van der Waals surface area contributed by atoms with Gasteiger partial charge in [0.25, 0.3) is 5.91 Å². The van der Waals surface area contributed by atoms with Gasteiger partial charge in [-0.25, -0.2) is 9.78 Å². The number of alkyl halides is 3. The van der Waals surface area contributed by atoms with Crippen LogP contribution in [-0.4, -0.2) is 65.8 Å². The van der Waals surface area contributed by atoms with Gasteiger partial charge in [0.2, 0.25) is 5.91 Å². The van der Waals surface area contributed by atoms with Crippen molar-refractivity contribution in [2.24, 2.45) is 11.3 Å². The Hall–Kier alpha value is -3.70. The van der Waals surface area contributed by atoms with E-state index in [2.05, 4.69) is 27.3 Å². The molecule has 232 valence electrons. The summed E-state index contributed by atoms with van der Waals surface area (Å²) in [5.74, 6) is -3.22. The second kappa shape index (κ2) is 14.2. The van der Waals surface area contributed by atoms with E-state index < -0.39 is 12.1 Å². The number of aromatic nitrogens is 1. The second-order valence-electron chi connectivity index (χ2n) is 11.2. The Bertz CT molecular complexity index is 1320. The molecule has 43 heavy (non-hydrogen) atoms. The molecule has 1 saturated heterocycles. The minimum Gasteiger partial charge on any atom is -0.475 e. The van der Waals surface area contributed by atoms with Gasteiger partial charge in [0.1, 0.15) is 0 Å². The molecule has 1 aliphatic heterocycles. The highest BCUT2D eigenvalue weighted by Gasteiger charge is 2.44. The minimum absolute atomic E-state index is 0.0469. The van der Waals surface area contributed by atoms with E-state index in [0.29, 0.717) is 18.2 Å². The molecule has 2 atom stereocenters. The van der Waals surface area contributed by atoms with Gasteiger partial charge >= 0.3 is 12.1 Å². The number of carboxylic acid groups (broad SMARTS) is 1. The number of carboxylic acids is 1. The van der Waals surface area contributed by atoms with Crippen LogP contribution in [0.5, 0.6) is 0 Å². The lowest BCUT2D eigenvalue weighted by Gasteiger charge is -2.31. The molecule has 3 aliphatic rings. The lowest BCUT2D eigenvalue weighted by Crippen LogP contribution is -2.49. The topological polar surface area (TPSA) is 156 Å². The van der Waals surface area contributed by atoms with Gasteiger partial charge in [0.05, 0.1) is 23.1 Å². The summed E-state index contributed by atoms with van der Waals surface area (Å²) in [5.41, 5.74) is 2.08. The van der Waals surface area contributed by atoms with Crippen molar-refractivity contribution < 1.29 is 32.7 Å². The van der Waals surface area contributed by atoms with E-state index in [4.69, 9.17) is 14.9 Å². The number of rotatable bonds is 8. The van der Waals surface area contributed by atoms with Crippen LogP contribution in [0, 0.1) is 22.7 Å². The number of nitriles is 1. The number of thiazole rings is 1. The number of hydrogen-bond acceptors (Lipinski definition) is 8. The van der Waals surface area contributed by atoms with Crippen molar-refractivity contribution in [3.63, 3.8) is 0 Å². The monoisotopic (exact) mass is 620 g/mol. The van der Waals surface area contributed by atoms with Crippen molar-refractivity contribution in [1.29, 1.82) is 5.26 Å². The molecule has 2 aromatic rings. The zero-order valence-corrected chi connectivity index (χ0v) is 24.3. The molecule has 1 aromatic carbocycles. The number of hydrogen-bond donors (Lipinski definition) is 5. The maximum absolute atomic E-state index is 13.0. The third kappa shape index (κ3) is 9.14. The summed E-state index contributed by atoms with van der Waals surface area (Å²) in [6, 6.07) is 10.1. The first kappa shape index (κ1) is 32.2. The van der Waals surface area contributed by atoms with Crippen molar-refractivity contribution in [2.45, 2.75) is 69.6 Å². The number of nitrogens with zero attached hydrogens (tertiary/aromatic N) is 2. The Labute approximate surface area is 251 Å². The minimum atomic E-state index is -5.08. The van der Waals surface area contributed by atoms with E-state index in [-0.39, 0.29) is 29.2 Å². The quantitative estimate of drug-likeness (QED) is 0.292. The highest BCUT2D eigenvalue weighted by atomic mass is 32.1. The number of carbonyl (C=O) groups excluding carboxylic acids is 2. The third-order valence-electron chi connectivity index (χ3n) is 7.97. The van der Waals surface area contributed by atoms with E-state index in [1.807, 2.05) is 29.6 Å². The van der Waals surface area contributed by atoms with E-state index in [1.54, 1.807) is 11.3 Å². The number of piperidine rings is 1. The van der Waals surface area contributed by atoms with Crippen LogP contribution in [-0.2, 0) is 9.59 Å². The van der Waals surface area contributed by atoms with Gasteiger partial charge in [-0.1, -0.05) is 25.0 Å². The summed E-state index contributed by atoms with van der Waals surface area (Å²) in [7, 11) is 0. The van der Waals surface area contributed by atoms with Gasteiger partial charge in [-0.15, -0.1) is 11.3 Å². The van der Waals surface area contributed by atoms with Crippen molar-refractivity contribution in [3.05, 3.63) is 35.2 Å². The molecule has 2 amide bonds. The largest absolute Gasteiger partial charge is 0.490 e. The Morgan fingerprint density at radius 3 is 2.35 bits per heavy atom. The van der Waals surface area contributed by atoms with E-state index in [9.17, 15) is 28.0 Å². The smallest absolute Gasteiger partial charge is 0.475 e. The van der Waals surface area contributed by atoms with Crippen LogP contribution in [0.1, 0.15) is 61.7 Å². The first-order chi connectivity index (χ1) is 20.5. The normalized spacial score (nSPS) is 21.3. The van der Waals surface area contributed by atoms with Crippen LogP contribution >= 0.6 is 11.3 Å². The van der Waals surface area contributed by atoms with Crippen LogP contribution in [0.4, 0.5) is 18.3 Å². The molecule has 0 spiro atoms. The maximum Gasteiger partial charge on any atom is 0.490 e. The molecule has 2 aliphatic carbocycles. The number of carbonyl (C=O) groups is 3.